The second kappa shape index (κ2) is 5.98. The Labute approximate surface area is 106 Å². The van der Waals surface area contributed by atoms with Gasteiger partial charge in [0.15, 0.2) is 5.82 Å². The molecule has 1 aromatic heterocycles. The first-order valence-corrected chi connectivity index (χ1v) is 6.30. The van der Waals surface area contributed by atoms with E-state index in [0.717, 1.165) is 25.8 Å². The van der Waals surface area contributed by atoms with Crippen LogP contribution < -0.4 is 10.6 Å². The fourth-order valence-corrected chi connectivity index (χ4v) is 2.10. The van der Waals surface area contributed by atoms with Crippen molar-refractivity contribution in [2.45, 2.75) is 31.7 Å². The standard InChI is InChI=1S/C12H16ClN3O/c13-9-5-4-8-15-11(9)16-12(17)10-6-2-1-3-7-14-10/h4-5,8,10,14H,1-3,6-7H2,(H,15,16,17). The number of carbonyl (C=O) groups excluding carboxylic acids is 1. The van der Waals surface area contributed by atoms with Crippen molar-refractivity contribution >= 4 is 23.3 Å². The molecule has 1 aliphatic heterocycles. The number of hydrogen-bond acceptors (Lipinski definition) is 3. The zero-order valence-electron chi connectivity index (χ0n) is 9.58. The maximum Gasteiger partial charge on any atom is 0.242 e. The molecule has 5 heteroatoms. The summed E-state index contributed by atoms with van der Waals surface area (Å²) < 4.78 is 0. The third-order valence-corrected chi connectivity index (χ3v) is 3.18. The Hall–Kier alpha value is -1.13. The van der Waals surface area contributed by atoms with Crippen LogP contribution in [0.3, 0.4) is 0 Å². The highest BCUT2D eigenvalue weighted by atomic mass is 35.5. The van der Waals surface area contributed by atoms with Gasteiger partial charge in [0.1, 0.15) is 0 Å². The van der Waals surface area contributed by atoms with Gasteiger partial charge in [0.25, 0.3) is 0 Å². The molecule has 1 amide bonds. The van der Waals surface area contributed by atoms with Gasteiger partial charge >= 0.3 is 0 Å². The Morgan fingerprint density at radius 1 is 1.47 bits per heavy atom. The molecule has 17 heavy (non-hydrogen) atoms. The second-order valence-electron chi connectivity index (χ2n) is 4.18. The quantitative estimate of drug-likeness (QED) is 0.850. The zero-order chi connectivity index (χ0) is 12.1. The number of rotatable bonds is 2. The first-order valence-electron chi connectivity index (χ1n) is 5.92. The van der Waals surface area contributed by atoms with Gasteiger partial charge in [-0.25, -0.2) is 4.98 Å². The zero-order valence-corrected chi connectivity index (χ0v) is 10.3. The summed E-state index contributed by atoms with van der Waals surface area (Å²) in [5, 5.41) is 6.47. The molecule has 1 fully saturated rings. The molecule has 1 atom stereocenters. The summed E-state index contributed by atoms with van der Waals surface area (Å²) in [5.41, 5.74) is 0. The van der Waals surface area contributed by atoms with Gasteiger partial charge in [-0.3, -0.25) is 4.79 Å². The first-order chi connectivity index (χ1) is 8.27. The predicted molar refractivity (Wildman–Crippen MR) is 68.1 cm³/mol. The molecule has 4 nitrogen and oxygen atoms in total. The second-order valence-corrected chi connectivity index (χ2v) is 4.59. The summed E-state index contributed by atoms with van der Waals surface area (Å²) in [6, 6.07) is 3.32. The molecule has 0 aromatic carbocycles. The lowest BCUT2D eigenvalue weighted by Gasteiger charge is -2.15. The number of aromatic nitrogens is 1. The smallest absolute Gasteiger partial charge is 0.242 e. The normalized spacial score (nSPS) is 20.6. The van der Waals surface area contributed by atoms with Crippen molar-refractivity contribution in [3.8, 4) is 0 Å². The Morgan fingerprint density at radius 2 is 2.35 bits per heavy atom. The van der Waals surface area contributed by atoms with Crippen LogP contribution in [0, 0.1) is 0 Å². The van der Waals surface area contributed by atoms with Crippen LogP contribution in [0.2, 0.25) is 5.02 Å². The van der Waals surface area contributed by atoms with Crippen molar-refractivity contribution in [1.29, 1.82) is 0 Å². The average molecular weight is 254 g/mol. The average Bonchev–Trinajstić information content (AvgIpc) is 2.61. The van der Waals surface area contributed by atoms with E-state index in [0.29, 0.717) is 10.8 Å². The first kappa shape index (κ1) is 12.3. The highest BCUT2D eigenvalue weighted by Crippen LogP contribution is 2.18. The molecule has 2 N–H and O–H groups in total. The molecular weight excluding hydrogens is 238 g/mol. The van der Waals surface area contributed by atoms with Gasteiger partial charge in [0, 0.05) is 6.20 Å². The number of nitrogens with one attached hydrogen (secondary N) is 2. The Morgan fingerprint density at radius 3 is 3.18 bits per heavy atom. The van der Waals surface area contributed by atoms with Crippen molar-refractivity contribution in [2.75, 3.05) is 11.9 Å². The lowest BCUT2D eigenvalue weighted by molar-refractivity contribution is -0.118. The van der Waals surface area contributed by atoms with Crippen LogP contribution in [-0.2, 0) is 4.79 Å². The minimum atomic E-state index is -0.129. The van der Waals surface area contributed by atoms with Crippen LogP contribution in [0.1, 0.15) is 25.7 Å². The van der Waals surface area contributed by atoms with Gasteiger partial charge < -0.3 is 10.6 Å². The van der Waals surface area contributed by atoms with Crippen LogP contribution in [0.4, 0.5) is 5.82 Å². The van der Waals surface area contributed by atoms with E-state index in [1.165, 1.54) is 6.42 Å². The number of carbonyl (C=O) groups is 1. The van der Waals surface area contributed by atoms with E-state index in [9.17, 15) is 4.79 Å². The van der Waals surface area contributed by atoms with Crippen molar-refractivity contribution in [2.24, 2.45) is 0 Å². The van der Waals surface area contributed by atoms with E-state index in [4.69, 9.17) is 11.6 Å². The summed E-state index contributed by atoms with van der Waals surface area (Å²) in [7, 11) is 0. The van der Waals surface area contributed by atoms with Gasteiger partial charge in [-0.05, 0) is 31.5 Å². The van der Waals surface area contributed by atoms with Crippen molar-refractivity contribution in [3.05, 3.63) is 23.4 Å². The summed E-state index contributed by atoms with van der Waals surface area (Å²) in [6.07, 6.45) is 5.88. The third kappa shape index (κ3) is 3.41. The van der Waals surface area contributed by atoms with Crippen LogP contribution in [0.5, 0.6) is 0 Å². The summed E-state index contributed by atoms with van der Waals surface area (Å²) in [6.45, 7) is 0.897. The van der Waals surface area contributed by atoms with Gasteiger partial charge in [-0.15, -0.1) is 0 Å². The van der Waals surface area contributed by atoms with Gasteiger partial charge in [-0.1, -0.05) is 24.4 Å². The Balaban J connectivity index is 1.98. The SMILES string of the molecule is O=C(Nc1ncccc1Cl)C1CCCCCN1. The van der Waals surface area contributed by atoms with Crippen molar-refractivity contribution < 1.29 is 4.79 Å². The van der Waals surface area contributed by atoms with Gasteiger partial charge in [-0.2, -0.15) is 0 Å². The molecule has 1 unspecified atom stereocenters. The van der Waals surface area contributed by atoms with Crippen molar-refractivity contribution in [3.63, 3.8) is 0 Å². The number of amides is 1. The van der Waals surface area contributed by atoms with Crippen LogP contribution in [0.15, 0.2) is 18.3 Å². The lowest BCUT2D eigenvalue weighted by Crippen LogP contribution is -2.40. The molecule has 2 rings (SSSR count). The fourth-order valence-electron chi connectivity index (χ4n) is 1.93. The minimum Gasteiger partial charge on any atom is -0.308 e. The number of anilines is 1. The lowest BCUT2D eigenvalue weighted by atomic mass is 10.1. The number of halogens is 1. The summed E-state index contributed by atoms with van der Waals surface area (Å²) >= 11 is 5.94. The maximum atomic E-state index is 12.0. The van der Waals surface area contributed by atoms with E-state index in [1.54, 1.807) is 18.3 Å². The van der Waals surface area contributed by atoms with Gasteiger partial charge in [0.05, 0.1) is 11.1 Å². The molecule has 1 aromatic rings. The molecule has 2 heterocycles. The molecule has 0 spiro atoms. The van der Waals surface area contributed by atoms with Crippen LogP contribution in [-0.4, -0.2) is 23.5 Å². The van der Waals surface area contributed by atoms with Crippen LogP contribution in [0.25, 0.3) is 0 Å². The molecule has 0 radical (unpaired) electrons. The molecule has 1 saturated heterocycles. The van der Waals surface area contributed by atoms with E-state index in [1.807, 2.05) is 0 Å². The monoisotopic (exact) mass is 253 g/mol. The predicted octanol–water partition coefficient (Wildman–Crippen LogP) is 2.21. The van der Waals surface area contributed by atoms with E-state index >= 15 is 0 Å². The van der Waals surface area contributed by atoms with Gasteiger partial charge in [0.2, 0.25) is 5.91 Å². The Bertz CT molecular complexity index is 389. The number of hydrogen-bond donors (Lipinski definition) is 2. The summed E-state index contributed by atoms with van der Waals surface area (Å²) in [4.78, 5) is 16.0. The topological polar surface area (TPSA) is 54.0 Å². The molecule has 0 saturated carbocycles. The third-order valence-electron chi connectivity index (χ3n) is 2.88. The van der Waals surface area contributed by atoms with E-state index in [-0.39, 0.29) is 11.9 Å². The molecular formula is C12H16ClN3O. The molecule has 0 bridgehead atoms. The van der Waals surface area contributed by atoms with E-state index < -0.39 is 0 Å². The largest absolute Gasteiger partial charge is 0.308 e. The highest BCUT2D eigenvalue weighted by molar-refractivity contribution is 6.33. The van der Waals surface area contributed by atoms with E-state index in [2.05, 4.69) is 15.6 Å². The maximum absolute atomic E-state index is 12.0. The molecule has 0 aliphatic carbocycles. The minimum absolute atomic E-state index is 0.0486. The summed E-state index contributed by atoms with van der Waals surface area (Å²) in [5.74, 6) is 0.387. The number of nitrogens with zero attached hydrogens (tertiary/aromatic N) is 1. The van der Waals surface area contributed by atoms with Crippen LogP contribution >= 0.6 is 11.6 Å². The highest BCUT2D eigenvalue weighted by Gasteiger charge is 2.20. The number of pyridine rings is 1. The molecule has 92 valence electrons. The Kier molecular flexibility index (Phi) is 4.34. The fraction of sp³-hybridized carbons (Fsp3) is 0.500. The van der Waals surface area contributed by atoms with Crippen molar-refractivity contribution in [1.82, 2.24) is 10.3 Å². The molecule has 1 aliphatic rings.